The summed E-state index contributed by atoms with van der Waals surface area (Å²) in [6, 6.07) is 2.55. The van der Waals surface area contributed by atoms with Gasteiger partial charge in [0.1, 0.15) is 11.6 Å². The lowest BCUT2D eigenvalue weighted by molar-refractivity contribution is 0.496. The van der Waals surface area contributed by atoms with E-state index in [2.05, 4.69) is 19.2 Å². The highest BCUT2D eigenvalue weighted by molar-refractivity contribution is 7.99. The van der Waals surface area contributed by atoms with Crippen LogP contribution in [0.15, 0.2) is 12.1 Å². The van der Waals surface area contributed by atoms with Gasteiger partial charge >= 0.3 is 0 Å². The maximum atomic E-state index is 14.1. The van der Waals surface area contributed by atoms with Gasteiger partial charge in [-0.05, 0) is 30.3 Å². The first kappa shape index (κ1) is 15.4. The van der Waals surface area contributed by atoms with Crippen LogP contribution < -0.4 is 5.32 Å². The van der Waals surface area contributed by atoms with Crippen LogP contribution in [0, 0.1) is 18.6 Å². The number of hydrogen-bond acceptors (Lipinski definition) is 2. The van der Waals surface area contributed by atoms with Crippen LogP contribution >= 0.6 is 11.8 Å². The molecule has 1 N–H and O–H groups in total. The van der Waals surface area contributed by atoms with E-state index in [0.717, 1.165) is 0 Å². The fourth-order valence-corrected chi connectivity index (χ4v) is 2.64. The van der Waals surface area contributed by atoms with Gasteiger partial charge in [-0.1, -0.05) is 26.8 Å². The van der Waals surface area contributed by atoms with Crippen LogP contribution in [-0.2, 0) is 0 Å². The highest BCUT2D eigenvalue weighted by Crippen LogP contribution is 2.27. The minimum absolute atomic E-state index is 0.171. The van der Waals surface area contributed by atoms with E-state index in [1.807, 2.05) is 6.92 Å². The smallest absolute Gasteiger partial charge is 0.133 e. The van der Waals surface area contributed by atoms with Gasteiger partial charge in [0.15, 0.2) is 0 Å². The minimum atomic E-state index is -0.464. The van der Waals surface area contributed by atoms with Crippen molar-refractivity contribution in [3.63, 3.8) is 0 Å². The van der Waals surface area contributed by atoms with Crippen LogP contribution in [0.5, 0.6) is 0 Å². The molecule has 0 spiro atoms. The van der Waals surface area contributed by atoms with Gasteiger partial charge in [0.25, 0.3) is 0 Å². The molecule has 0 saturated heterocycles. The second-order valence-electron chi connectivity index (χ2n) is 4.58. The Morgan fingerprint density at radius 3 is 2.50 bits per heavy atom. The van der Waals surface area contributed by atoms with Crippen molar-refractivity contribution < 1.29 is 8.78 Å². The minimum Gasteiger partial charge on any atom is -0.309 e. The third kappa shape index (κ3) is 3.95. The van der Waals surface area contributed by atoms with Crippen LogP contribution in [-0.4, -0.2) is 17.5 Å². The summed E-state index contributed by atoms with van der Waals surface area (Å²) in [7, 11) is 0. The van der Waals surface area contributed by atoms with E-state index in [4.69, 9.17) is 0 Å². The van der Waals surface area contributed by atoms with E-state index >= 15 is 0 Å². The molecule has 1 atom stereocenters. The SMILES string of the molecule is CCNC(CSC(C)C)c1c(F)ccc(C)c1F. The molecule has 0 aliphatic heterocycles. The Hall–Kier alpha value is -0.610. The Balaban J connectivity index is 3.01. The van der Waals surface area contributed by atoms with Gasteiger partial charge in [0, 0.05) is 17.4 Å². The topological polar surface area (TPSA) is 12.0 Å². The molecule has 0 fully saturated rings. The third-order valence-corrected chi connectivity index (χ3v) is 3.91. The Kier molecular flexibility index (Phi) is 6.09. The lowest BCUT2D eigenvalue weighted by Gasteiger charge is -2.21. The Bertz CT molecular complexity index is 394. The third-order valence-electron chi connectivity index (χ3n) is 2.71. The highest BCUT2D eigenvalue weighted by atomic mass is 32.2. The number of hydrogen-bond donors (Lipinski definition) is 1. The molecule has 1 nitrogen and oxygen atoms in total. The van der Waals surface area contributed by atoms with Crippen LogP contribution in [0.4, 0.5) is 8.78 Å². The summed E-state index contributed by atoms with van der Waals surface area (Å²) in [6.07, 6.45) is 0. The van der Waals surface area contributed by atoms with Crippen molar-refractivity contribution in [2.45, 2.75) is 39.0 Å². The molecule has 0 aliphatic carbocycles. The van der Waals surface area contributed by atoms with Gasteiger partial charge in [0.05, 0.1) is 0 Å². The lowest BCUT2D eigenvalue weighted by Crippen LogP contribution is -2.26. The summed E-state index contributed by atoms with van der Waals surface area (Å²) in [4.78, 5) is 0. The van der Waals surface area contributed by atoms with Gasteiger partial charge in [0.2, 0.25) is 0 Å². The van der Waals surface area contributed by atoms with Crippen molar-refractivity contribution in [3.05, 3.63) is 34.9 Å². The van der Waals surface area contributed by atoms with E-state index < -0.39 is 11.6 Å². The first-order chi connectivity index (χ1) is 8.47. The van der Waals surface area contributed by atoms with Crippen molar-refractivity contribution in [1.82, 2.24) is 5.32 Å². The van der Waals surface area contributed by atoms with E-state index in [-0.39, 0.29) is 11.6 Å². The van der Waals surface area contributed by atoms with Gasteiger partial charge in [-0.25, -0.2) is 8.78 Å². The molecule has 0 aromatic heterocycles. The second-order valence-corrected chi connectivity index (χ2v) is 6.19. The summed E-state index contributed by atoms with van der Waals surface area (Å²) < 4.78 is 27.9. The molecule has 0 saturated carbocycles. The van der Waals surface area contributed by atoms with Crippen molar-refractivity contribution >= 4 is 11.8 Å². The lowest BCUT2D eigenvalue weighted by atomic mass is 10.0. The first-order valence-electron chi connectivity index (χ1n) is 6.26. The summed E-state index contributed by atoms with van der Waals surface area (Å²) in [6.45, 7) is 8.46. The zero-order valence-electron chi connectivity index (χ0n) is 11.4. The molecule has 0 radical (unpaired) electrons. The summed E-state index contributed by atoms with van der Waals surface area (Å²) >= 11 is 1.70. The zero-order valence-corrected chi connectivity index (χ0v) is 12.2. The fourth-order valence-electron chi connectivity index (χ4n) is 1.78. The Morgan fingerprint density at radius 1 is 1.28 bits per heavy atom. The quantitative estimate of drug-likeness (QED) is 0.838. The predicted molar refractivity (Wildman–Crippen MR) is 75.1 cm³/mol. The molecule has 0 amide bonds. The summed E-state index contributed by atoms with van der Waals surface area (Å²) in [5.41, 5.74) is 0.661. The van der Waals surface area contributed by atoms with Crippen LogP contribution in [0.1, 0.15) is 37.9 Å². The number of nitrogens with one attached hydrogen (secondary N) is 1. The molecule has 1 rings (SSSR count). The maximum Gasteiger partial charge on any atom is 0.133 e. The molecule has 0 heterocycles. The van der Waals surface area contributed by atoms with E-state index in [0.29, 0.717) is 23.1 Å². The molecule has 0 bridgehead atoms. The van der Waals surface area contributed by atoms with Gasteiger partial charge in [-0.2, -0.15) is 11.8 Å². The fraction of sp³-hybridized carbons (Fsp3) is 0.571. The standard InChI is InChI=1S/C14H21F2NS/c1-5-17-12(8-18-9(2)3)13-11(15)7-6-10(4)14(13)16/h6-7,9,12,17H,5,8H2,1-4H3. The summed E-state index contributed by atoms with van der Waals surface area (Å²) in [5, 5.41) is 3.61. The predicted octanol–water partition coefficient (Wildman–Crippen LogP) is 4.07. The maximum absolute atomic E-state index is 14.1. The molecule has 4 heteroatoms. The Labute approximate surface area is 112 Å². The first-order valence-corrected chi connectivity index (χ1v) is 7.31. The number of aryl methyl sites for hydroxylation is 1. The zero-order chi connectivity index (χ0) is 13.7. The monoisotopic (exact) mass is 273 g/mol. The number of halogens is 2. The van der Waals surface area contributed by atoms with Gasteiger partial charge in [-0.3, -0.25) is 0 Å². The number of benzene rings is 1. The average molecular weight is 273 g/mol. The molecular weight excluding hydrogens is 252 g/mol. The largest absolute Gasteiger partial charge is 0.309 e. The van der Waals surface area contributed by atoms with Crippen molar-refractivity contribution in [2.24, 2.45) is 0 Å². The molecule has 18 heavy (non-hydrogen) atoms. The van der Waals surface area contributed by atoms with Crippen molar-refractivity contribution in [2.75, 3.05) is 12.3 Å². The molecule has 1 aromatic carbocycles. The van der Waals surface area contributed by atoms with E-state index in [1.54, 1.807) is 18.7 Å². The highest BCUT2D eigenvalue weighted by Gasteiger charge is 2.21. The summed E-state index contributed by atoms with van der Waals surface area (Å²) in [5.74, 6) is -0.221. The van der Waals surface area contributed by atoms with Crippen molar-refractivity contribution in [3.8, 4) is 0 Å². The van der Waals surface area contributed by atoms with Crippen molar-refractivity contribution in [1.29, 1.82) is 0 Å². The van der Waals surface area contributed by atoms with E-state index in [1.165, 1.54) is 12.1 Å². The number of rotatable bonds is 6. The second kappa shape index (κ2) is 7.10. The molecular formula is C14H21F2NS. The average Bonchev–Trinajstić information content (AvgIpc) is 2.31. The van der Waals surface area contributed by atoms with Crippen LogP contribution in [0.3, 0.4) is 0 Å². The van der Waals surface area contributed by atoms with Crippen LogP contribution in [0.2, 0.25) is 0 Å². The van der Waals surface area contributed by atoms with Gasteiger partial charge in [-0.15, -0.1) is 0 Å². The normalized spacial score (nSPS) is 13.1. The van der Waals surface area contributed by atoms with Crippen LogP contribution in [0.25, 0.3) is 0 Å². The molecule has 0 aliphatic rings. The number of thioether (sulfide) groups is 1. The van der Waals surface area contributed by atoms with E-state index in [9.17, 15) is 8.78 Å². The molecule has 1 aromatic rings. The Morgan fingerprint density at radius 2 is 1.94 bits per heavy atom. The molecule has 1 unspecified atom stereocenters. The van der Waals surface area contributed by atoms with Gasteiger partial charge < -0.3 is 5.32 Å². The molecule has 102 valence electrons.